The van der Waals surface area contributed by atoms with Crippen molar-refractivity contribution in [3.8, 4) is 0 Å². The van der Waals surface area contributed by atoms with Crippen LogP contribution >= 0.6 is 39.6 Å². The summed E-state index contributed by atoms with van der Waals surface area (Å²) >= 11 is 0. The van der Waals surface area contributed by atoms with Crippen molar-refractivity contribution in [2.24, 2.45) is 5.41 Å². The molecule has 0 bridgehead atoms. The van der Waals surface area contributed by atoms with Crippen molar-refractivity contribution in [2.45, 2.75) is 19.8 Å². The second-order valence-electron chi connectivity index (χ2n) is 13.6. The summed E-state index contributed by atoms with van der Waals surface area (Å²) in [6.45, 7) is 12.9. The van der Waals surface area contributed by atoms with Gasteiger partial charge in [0.25, 0.3) is 0 Å². The van der Waals surface area contributed by atoms with Crippen molar-refractivity contribution in [1.82, 2.24) is 0 Å². The maximum absolute atomic E-state index is 6.00. The molecular weight excluding hydrogens is 747 g/mol. The summed E-state index contributed by atoms with van der Waals surface area (Å²) in [5, 5.41) is 18.3. The minimum atomic E-state index is -0.749. The van der Waals surface area contributed by atoms with Crippen LogP contribution in [0.1, 0.15) is 19.8 Å². The standard InChI is InChI=1S/C39H53P5.Mo.N2/c1-39(32-40(2)3,33-41(4)5)34-42(28-18-30-43(35-20-10-6-11-21-35)36-22-12-7-13-23-36)29-19-31-44(37-24-14-8-15-25-37)38-26-16-9-17-27-38;;1-2/h6-17,20-27H,18-19,28-34H2,1-5H3;;/p+5. The van der Waals surface area contributed by atoms with Crippen molar-refractivity contribution < 1.29 is 21.1 Å². The summed E-state index contributed by atoms with van der Waals surface area (Å²) in [6, 6.07) is 45.7. The SMILES string of the molecule is C[PH+](C)CC(C)(C[PH+](C)C)C[PH+](CCC[PH+](c1ccccc1)c1ccccc1)CCC[PH+](c1ccccc1)c1ccccc1.N#N.[Mo]. The van der Waals surface area contributed by atoms with Gasteiger partial charge >= 0.3 is 0 Å². The zero-order chi connectivity index (χ0) is 33.2. The molecule has 0 unspecified atom stereocenters. The van der Waals surface area contributed by atoms with Gasteiger partial charge < -0.3 is 0 Å². The molecule has 0 atom stereocenters. The molecule has 0 radical (unpaired) electrons. The Balaban J connectivity index is 0.00000251. The van der Waals surface area contributed by atoms with Gasteiger partial charge in [0.05, 0.1) is 85.6 Å². The van der Waals surface area contributed by atoms with Gasteiger partial charge in [-0.25, -0.2) is 0 Å². The first-order chi connectivity index (χ1) is 22.3. The molecule has 0 saturated carbocycles. The minimum Gasteiger partial charge on any atom is -0.0620 e. The van der Waals surface area contributed by atoms with E-state index < -0.39 is 23.8 Å². The Hall–Kier alpha value is -0.862. The molecule has 4 rings (SSSR count). The Labute approximate surface area is 307 Å². The zero-order valence-corrected chi connectivity index (χ0v) is 36.2. The average Bonchev–Trinajstić information content (AvgIpc) is 3.06. The summed E-state index contributed by atoms with van der Waals surface area (Å²) in [7, 11) is -2.44. The van der Waals surface area contributed by atoms with E-state index in [2.05, 4.69) is 155 Å². The average molecular weight is 806 g/mol. The molecule has 250 valence electrons. The Morgan fingerprint density at radius 1 is 0.447 bits per heavy atom. The van der Waals surface area contributed by atoms with Crippen LogP contribution in [0.5, 0.6) is 0 Å². The zero-order valence-electron chi connectivity index (χ0n) is 29.2. The normalized spacial score (nSPS) is 11.5. The Morgan fingerprint density at radius 3 is 0.979 bits per heavy atom. The van der Waals surface area contributed by atoms with E-state index in [0.717, 1.165) is 0 Å². The molecule has 0 spiro atoms. The fourth-order valence-electron chi connectivity index (χ4n) is 7.30. The topological polar surface area (TPSA) is 47.6 Å². The van der Waals surface area contributed by atoms with Crippen molar-refractivity contribution >= 4 is 60.8 Å². The van der Waals surface area contributed by atoms with Crippen LogP contribution in [0.4, 0.5) is 0 Å². The number of hydrogen-bond acceptors (Lipinski definition) is 2. The maximum Gasteiger partial charge on any atom is 0.0966 e. The second-order valence-corrected chi connectivity index (χ2v) is 27.2. The Morgan fingerprint density at radius 2 is 0.723 bits per heavy atom. The van der Waals surface area contributed by atoms with E-state index in [9.17, 15) is 0 Å². The largest absolute Gasteiger partial charge is 0.0966 e. The predicted molar refractivity (Wildman–Crippen MR) is 224 cm³/mol. The molecule has 0 N–H and O–H groups in total. The molecule has 0 heterocycles. The van der Waals surface area contributed by atoms with Crippen molar-refractivity contribution in [2.75, 3.05) is 69.8 Å². The van der Waals surface area contributed by atoms with E-state index in [1.165, 1.54) is 56.0 Å². The summed E-state index contributed by atoms with van der Waals surface area (Å²) in [6.07, 6.45) is 13.0. The van der Waals surface area contributed by atoms with Gasteiger partial charge in [0.15, 0.2) is 0 Å². The molecule has 0 aliphatic rings. The van der Waals surface area contributed by atoms with E-state index >= 15 is 0 Å². The smallest absolute Gasteiger partial charge is 0.0620 e. The van der Waals surface area contributed by atoms with Crippen LogP contribution in [0.25, 0.3) is 0 Å². The van der Waals surface area contributed by atoms with Crippen LogP contribution in [0.15, 0.2) is 121 Å². The molecule has 4 aromatic rings. The maximum atomic E-state index is 6.00. The first-order valence-electron chi connectivity index (χ1n) is 16.9. The molecule has 0 aromatic heterocycles. The van der Waals surface area contributed by atoms with Crippen LogP contribution in [-0.4, -0.2) is 69.8 Å². The van der Waals surface area contributed by atoms with Gasteiger partial charge in [0.2, 0.25) is 0 Å². The third kappa shape index (κ3) is 15.3. The summed E-state index contributed by atoms with van der Waals surface area (Å²) in [5.74, 6) is 0. The molecule has 0 amide bonds. The fourth-order valence-corrected chi connectivity index (χ4v) is 21.3. The van der Waals surface area contributed by atoms with Crippen LogP contribution in [-0.2, 0) is 21.1 Å². The number of nitrogens with zero attached hydrogens (tertiary/aromatic N) is 2. The number of rotatable bonds is 18. The Bertz CT molecular complexity index is 1200. The van der Waals surface area contributed by atoms with Gasteiger partial charge in [-0.2, -0.15) is 0 Å². The first-order valence-corrected chi connectivity index (χ1v) is 27.8. The van der Waals surface area contributed by atoms with Gasteiger partial charge in [-0.15, -0.1) is 0 Å². The van der Waals surface area contributed by atoms with Crippen LogP contribution in [0, 0.1) is 16.2 Å². The fraction of sp³-hybridized carbons (Fsp3) is 0.385. The molecule has 8 heteroatoms. The van der Waals surface area contributed by atoms with Crippen LogP contribution in [0.3, 0.4) is 0 Å². The molecule has 4 aromatic carbocycles. The first kappa shape index (κ1) is 42.3. The van der Waals surface area contributed by atoms with E-state index in [1.54, 1.807) is 21.2 Å². The predicted octanol–water partition coefficient (Wildman–Crippen LogP) is 8.69. The van der Waals surface area contributed by atoms with Crippen molar-refractivity contribution in [1.29, 1.82) is 10.8 Å². The molecule has 0 aliphatic heterocycles. The van der Waals surface area contributed by atoms with Gasteiger partial charge in [0.1, 0.15) is 0 Å². The monoisotopic (exact) mass is 807 g/mol. The summed E-state index contributed by atoms with van der Waals surface area (Å²) < 4.78 is 0. The number of benzene rings is 4. The van der Waals surface area contributed by atoms with Crippen molar-refractivity contribution in [3.05, 3.63) is 121 Å². The van der Waals surface area contributed by atoms with Gasteiger partial charge in [-0.1, -0.05) is 72.8 Å². The van der Waals surface area contributed by atoms with Gasteiger partial charge in [0, 0.05) is 79.3 Å². The van der Waals surface area contributed by atoms with Crippen molar-refractivity contribution in [3.63, 3.8) is 0 Å². The molecule has 0 aliphatic carbocycles. The third-order valence-corrected chi connectivity index (χ3v) is 21.1. The third-order valence-electron chi connectivity index (χ3n) is 8.64. The number of hydrogen-bond donors (Lipinski definition) is 0. The van der Waals surface area contributed by atoms with Gasteiger partial charge in [-0.3, -0.25) is 0 Å². The van der Waals surface area contributed by atoms with E-state index in [1.807, 2.05) is 0 Å². The second kappa shape index (κ2) is 23.5. The molecular formula is C39H58MoN2P5+5. The van der Waals surface area contributed by atoms with E-state index in [-0.39, 0.29) is 36.9 Å². The summed E-state index contributed by atoms with van der Waals surface area (Å²) in [5.41, 5.74) is 0.559. The van der Waals surface area contributed by atoms with Crippen LogP contribution < -0.4 is 21.2 Å². The van der Waals surface area contributed by atoms with Crippen LogP contribution in [0.2, 0.25) is 0 Å². The molecule has 47 heavy (non-hydrogen) atoms. The minimum absolute atomic E-state index is 0. The molecule has 0 saturated heterocycles. The van der Waals surface area contributed by atoms with Gasteiger partial charge in [-0.05, 0) is 71.3 Å². The Kier molecular flexibility index (Phi) is 21.2. The van der Waals surface area contributed by atoms with E-state index in [4.69, 9.17) is 10.8 Å². The summed E-state index contributed by atoms with van der Waals surface area (Å²) in [4.78, 5) is 0. The quantitative estimate of drug-likeness (QED) is 0.0575. The molecule has 0 fully saturated rings. The molecule has 2 nitrogen and oxygen atoms in total. The van der Waals surface area contributed by atoms with E-state index in [0.29, 0.717) is 5.41 Å².